The van der Waals surface area contributed by atoms with E-state index in [1.165, 1.54) is 0 Å². The van der Waals surface area contributed by atoms with Crippen LogP contribution in [0.4, 0.5) is 16.2 Å². The van der Waals surface area contributed by atoms with Gasteiger partial charge in [-0.25, -0.2) is 4.79 Å². The number of anilines is 2. The number of hydrogen-bond donors (Lipinski definition) is 3. The summed E-state index contributed by atoms with van der Waals surface area (Å²) in [6.45, 7) is 7.60. The Labute approximate surface area is 127 Å². The zero-order chi connectivity index (χ0) is 15.1. The third-order valence-corrected chi connectivity index (χ3v) is 2.63. The standard InChI is InChI=1S/C14H18BrN3O2/c1-9(2)13(19)17-11-5-4-6-12(7-11)18-14(20)16-8-10(3)15/h4-7,9H,3,8H2,1-2H3,(H,17,19)(H2,16,18,20). The Morgan fingerprint density at radius 2 is 1.85 bits per heavy atom. The molecule has 0 heterocycles. The van der Waals surface area contributed by atoms with Crippen molar-refractivity contribution in [1.82, 2.24) is 5.32 Å². The average molecular weight is 340 g/mol. The number of carbonyl (C=O) groups is 2. The number of benzene rings is 1. The van der Waals surface area contributed by atoms with Gasteiger partial charge in [0.1, 0.15) is 0 Å². The van der Waals surface area contributed by atoms with Crippen molar-refractivity contribution in [3.05, 3.63) is 35.3 Å². The van der Waals surface area contributed by atoms with Crippen LogP contribution in [0.25, 0.3) is 0 Å². The van der Waals surface area contributed by atoms with Gasteiger partial charge in [-0.1, -0.05) is 42.4 Å². The Morgan fingerprint density at radius 1 is 1.25 bits per heavy atom. The van der Waals surface area contributed by atoms with E-state index in [9.17, 15) is 9.59 Å². The van der Waals surface area contributed by atoms with Gasteiger partial charge in [0, 0.05) is 21.8 Å². The predicted octanol–water partition coefficient (Wildman–Crippen LogP) is 3.31. The lowest BCUT2D eigenvalue weighted by molar-refractivity contribution is -0.118. The number of halogens is 1. The largest absolute Gasteiger partial charge is 0.333 e. The van der Waals surface area contributed by atoms with Gasteiger partial charge in [0.2, 0.25) is 5.91 Å². The van der Waals surface area contributed by atoms with Gasteiger partial charge in [-0.05, 0) is 18.2 Å². The summed E-state index contributed by atoms with van der Waals surface area (Å²) in [6.07, 6.45) is 0. The van der Waals surface area contributed by atoms with Gasteiger partial charge in [0.25, 0.3) is 0 Å². The van der Waals surface area contributed by atoms with Crippen LogP contribution in [0.15, 0.2) is 35.3 Å². The van der Waals surface area contributed by atoms with E-state index in [0.717, 1.165) is 0 Å². The van der Waals surface area contributed by atoms with Crippen molar-refractivity contribution in [1.29, 1.82) is 0 Å². The first-order valence-electron chi connectivity index (χ1n) is 6.17. The molecule has 1 rings (SSSR count). The molecule has 0 atom stereocenters. The van der Waals surface area contributed by atoms with Crippen molar-refractivity contribution in [2.45, 2.75) is 13.8 Å². The van der Waals surface area contributed by atoms with Crippen LogP contribution in [0.1, 0.15) is 13.8 Å². The Balaban J connectivity index is 2.61. The number of amides is 3. The molecule has 1 aromatic carbocycles. The molecule has 3 N–H and O–H groups in total. The molecule has 1 aromatic rings. The summed E-state index contributed by atoms with van der Waals surface area (Å²) >= 11 is 3.16. The normalized spacial score (nSPS) is 10.0. The number of nitrogens with one attached hydrogen (secondary N) is 3. The minimum Gasteiger partial charge on any atom is -0.333 e. The topological polar surface area (TPSA) is 70.2 Å². The van der Waals surface area contributed by atoms with Gasteiger partial charge in [-0.15, -0.1) is 0 Å². The molecule has 0 radical (unpaired) electrons. The first-order valence-corrected chi connectivity index (χ1v) is 6.97. The minimum atomic E-state index is -0.335. The van der Waals surface area contributed by atoms with Crippen molar-refractivity contribution < 1.29 is 9.59 Å². The molecule has 0 fully saturated rings. The molecule has 0 aromatic heterocycles. The number of hydrogen-bond acceptors (Lipinski definition) is 2. The quantitative estimate of drug-likeness (QED) is 0.770. The number of rotatable bonds is 5. The summed E-state index contributed by atoms with van der Waals surface area (Å²) in [5.74, 6) is -0.165. The highest BCUT2D eigenvalue weighted by molar-refractivity contribution is 9.11. The first kappa shape index (κ1) is 16.2. The summed E-state index contributed by atoms with van der Waals surface area (Å²) < 4.78 is 0.686. The maximum Gasteiger partial charge on any atom is 0.319 e. The summed E-state index contributed by atoms with van der Waals surface area (Å²) in [4.78, 5) is 23.2. The van der Waals surface area contributed by atoms with E-state index in [0.29, 0.717) is 22.4 Å². The molecular weight excluding hydrogens is 322 g/mol. The van der Waals surface area contributed by atoms with Crippen LogP contribution in [-0.2, 0) is 4.79 Å². The van der Waals surface area contributed by atoms with Crippen molar-refractivity contribution in [3.63, 3.8) is 0 Å². The van der Waals surface area contributed by atoms with Gasteiger partial charge < -0.3 is 16.0 Å². The Kier molecular flexibility index (Phi) is 6.24. The molecule has 108 valence electrons. The summed E-state index contributed by atoms with van der Waals surface area (Å²) in [7, 11) is 0. The molecule has 6 heteroatoms. The zero-order valence-electron chi connectivity index (χ0n) is 11.5. The molecule has 3 amide bonds. The molecule has 0 saturated carbocycles. The molecule has 0 aliphatic rings. The van der Waals surface area contributed by atoms with E-state index in [1.807, 2.05) is 13.8 Å². The second-order valence-corrected chi connectivity index (χ2v) is 5.67. The lowest BCUT2D eigenvalue weighted by Crippen LogP contribution is -2.29. The Morgan fingerprint density at radius 3 is 2.40 bits per heavy atom. The molecule has 0 spiro atoms. The molecule has 5 nitrogen and oxygen atoms in total. The fraction of sp³-hybridized carbons (Fsp3) is 0.286. The predicted molar refractivity (Wildman–Crippen MR) is 85.0 cm³/mol. The van der Waals surface area contributed by atoms with Crippen LogP contribution in [0.3, 0.4) is 0 Å². The van der Waals surface area contributed by atoms with Crippen LogP contribution in [0.2, 0.25) is 0 Å². The van der Waals surface area contributed by atoms with E-state index in [2.05, 4.69) is 38.5 Å². The van der Waals surface area contributed by atoms with E-state index in [4.69, 9.17) is 0 Å². The number of carbonyl (C=O) groups excluding carboxylic acids is 2. The maximum absolute atomic E-state index is 11.6. The van der Waals surface area contributed by atoms with E-state index < -0.39 is 0 Å². The Hall–Kier alpha value is -1.82. The smallest absolute Gasteiger partial charge is 0.319 e. The first-order chi connectivity index (χ1) is 9.38. The molecule has 0 aliphatic carbocycles. The SMILES string of the molecule is C=C(Br)CNC(=O)Nc1cccc(NC(=O)C(C)C)c1. The molecule has 0 aliphatic heterocycles. The fourth-order valence-electron chi connectivity index (χ4n) is 1.31. The summed E-state index contributed by atoms with van der Waals surface area (Å²) in [5, 5.41) is 8.08. The third kappa shape index (κ3) is 5.88. The molecule has 0 saturated heterocycles. The highest BCUT2D eigenvalue weighted by atomic mass is 79.9. The zero-order valence-corrected chi connectivity index (χ0v) is 13.1. The van der Waals surface area contributed by atoms with Crippen LogP contribution < -0.4 is 16.0 Å². The summed E-state index contributed by atoms with van der Waals surface area (Å²) in [5.41, 5.74) is 1.25. The monoisotopic (exact) mass is 339 g/mol. The average Bonchev–Trinajstić information content (AvgIpc) is 2.36. The fourth-order valence-corrected chi connectivity index (χ4v) is 1.45. The molecule has 0 unspecified atom stereocenters. The lowest BCUT2D eigenvalue weighted by atomic mass is 10.2. The Bertz CT molecular complexity index is 515. The van der Waals surface area contributed by atoms with Crippen molar-refractivity contribution in [3.8, 4) is 0 Å². The van der Waals surface area contributed by atoms with Gasteiger partial charge in [0.15, 0.2) is 0 Å². The second kappa shape index (κ2) is 7.69. The van der Waals surface area contributed by atoms with Crippen LogP contribution in [-0.4, -0.2) is 18.5 Å². The number of urea groups is 1. The van der Waals surface area contributed by atoms with Gasteiger partial charge >= 0.3 is 6.03 Å². The highest BCUT2D eigenvalue weighted by Gasteiger charge is 2.08. The lowest BCUT2D eigenvalue weighted by Gasteiger charge is -2.10. The van der Waals surface area contributed by atoms with Gasteiger partial charge in [0.05, 0.1) is 6.54 Å². The molecule has 20 heavy (non-hydrogen) atoms. The van der Waals surface area contributed by atoms with E-state index in [-0.39, 0.29) is 17.9 Å². The van der Waals surface area contributed by atoms with Crippen molar-refractivity contribution in [2.75, 3.05) is 17.2 Å². The van der Waals surface area contributed by atoms with Crippen LogP contribution in [0, 0.1) is 5.92 Å². The third-order valence-electron chi connectivity index (χ3n) is 2.35. The maximum atomic E-state index is 11.6. The van der Waals surface area contributed by atoms with Crippen LogP contribution >= 0.6 is 15.9 Å². The second-order valence-electron chi connectivity index (χ2n) is 4.55. The van der Waals surface area contributed by atoms with E-state index >= 15 is 0 Å². The minimum absolute atomic E-state index is 0.0674. The van der Waals surface area contributed by atoms with Crippen molar-refractivity contribution in [2.24, 2.45) is 5.92 Å². The molecular formula is C14H18BrN3O2. The van der Waals surface area contributed by atoms with Crippen molar-refractivity contribution >= 4 is 39.2 Å². The van der Waals surface area contributed by atoms with Gasteiger partial charge in [-0.2, -0.15) is 0 Å². The van der Waals surface area contributed by atoms with Crippen LogP contribution in [0.5, 0.6) is 0 Å². The highest BCUT2D eigenvalue weighted by Crippen LogP contribution is 2.15. The van der Waals surface area contributed by atoms with E-state index in [1.54, 1.807) is 24.3 Å². The summed E-state index contributed by atoms with van der Waals surface area (Å²) in [6, 6.07) is 6.63. The molecule has 0 bridgehead atoms. The van der Waals surface area contributed by atoms with Gasteiger partial charge in [-0.3, -0.25) is 4.79 Å².